The van der Waals surface area contributed by atoms with E-state index in [0.717, 1.165) is 5.52 Å². The molecule has 1 aromatic carbocycles. The molecule has 0 fully saturated rings. The third-order valence-corrected chi connectivity index (χ3v) is 4.09. The Morgan fingerprint density at radius 3 is 2.64 bits per heavy atom. The van der Waals surface area contributed by atoms with Crippen LogP contribution in [0.1, 0.15) is 0 Å². The molecule has 0 bridgehead atoms. The van der Waals surface area contributed by atoms with Gasteiger partial charge in [-0.25, -0.2) is 4.79 Å². The van der Waals surface area contributed by atoms with Gasteiger partial charge in [0.25, 0.3) is 0 Å². The Hall–Kier alpha value is -2.22. The first-order valence-electron chi connectivity index (χ1n) is 6.71. The van der Waals surface area contributed by atoms with E-state index in [-0.39, 0.29) is 23.9 Å². The summed E-state index contributed by atoms with van der Waals surface area (Å²) in [5.41, 5.74) is 1.25. The summed E-state index contributed by atoms with van der Waals surface area (Å²) in [7, 11) is 1.67. The van der Waals surface area contributed by atoms with Crippen LogP contribution in [0.3, 0.4) is 0 Å². The fraction of sp³-hybridized carbons (Fsp3) is 0.357. The van der Waals surface area contributed by atoms with Crippen molar-refractivity contribution < 1.29 is 14.7 Å². The summed E-state index contributed by atoms with van der Waals surface area (Å²) >= 11 is 1.23. The lowest BCUT2D eigenvalue weighted by molar-refractivity contribution is -0.133. The molecule has 22 heavy (non-hydrogen) atoms. The van der Waals surface area contributed by atoms with Gasteiger partial charge in [0.15, 0.2) is 0 Å². The van der Waals surface area contributed by atoms with Gasteiger partial charge in [-0.1, -0.05) is 12.1 Å². The smallest absolute Gasteiger partial charge is 0.329 e. The molecule has 7 nitrogen and oxygen atoms in total. The van der Waals surface area contributed by atoms with Crippen LogP contribution in [0.25, 0.3) is 11.0 Å². The van der Waals surface area contributed by atoms with Crippen molar-refractivity contribution in [3.63, 3.8) is 0 Å². The number of fused-ring (bicyclic) bond motifs is 1. The minimum absolute atomic E-state index is 0.0126. The molecule has 0 radical (unpaired) electrons. The molecule has 0 aliphatic carbocycles. The highest BCUT2D eigenvalue weighted by atomic mass is 32.2. The van der Waals surface area contributed by atoms with Crippen molar-refractivity contribution in [2.45, 2.75) is 6.54 Å². The highest BCUT2D eigenvalue weighted by Gasteiger charge is 2.12. The molecule has 2 rings (SSSR count). The predicted octanol–water partition coefficient (Wildman–Crippen LogP) is 0.274. The van der Waals surface area contributed by atoms with Gasteiger partial charge in [0.05, 0.1) is 16.8 Å². The van der Waals surface area contributed by atoms with Gasteiger partial charge < -0.3 is 10.4 Å². The fourth-order valence-corrected chi connectivity index (χ4v) is 2.70. The van der Waals surface area contributed by atoms with Crippen molar-refractivity contribution in [1.29, 1.82) is 0 Å². The molecule has 118 valence electrons. The number of aryl methyl sites for hydroxylation is 1. The second kappa shape index (κ2) is 7.17. The number of nitrogens with one attached hydrogen (secondary N) is 1. The number of aromatic nitrogens is 2. The minimum Gasteiger partial charge on any atom is -0.481 e. The second-order valence-electron chi connectivity index (χ2n) is 4.71. The highest BCUT2D eigenvalue weighted by Crippen LogP contribution is 2.11. The zero-order chi connectivity index (χ0) is 16.1. The van der Waals surface area contributed by atoms with Gasteiger partial charge in [-0.3, -0.25) is 18.7 Å². The first-order chi connectivity index (χ1) is 10.5. The maximum absolute atomic E-state index is 12.2. The van der Waals surface area contributed by atoms with Gasteiger partial charge in [-0.15, -0.1) is 11.8 Å². The first-order valence-corrected chi connectivity index (χ1v) is 7.86. The van der Waals surface area contributed by atoms with Crippen LogP contribution in [0.5, 0.6) is 0 Å². The SMILES string of the molecule is Cn1c(=O)n(CC(=O)NCCSCC(=O)O)c2ccccc21. The number of hydrogen-bond acceptors (Lipinski definition) is 4. The van der Waals surface area contributed by atoms with E-state index in [1.807, 2.05) is 18.2 Å². The number of benzene rings is 1. The largest absolute Gasteiger partial charge is 0.481 e. The second-order valence-corrected chi connectivity index (χ2v) is 5.82. The van der Waals surface area contributed by atoms with Crippen LogP contribution in [-0.2, 0) is 23.2 Å². The average Bonchev–Trinajstić information content (AvgIpc) is 2.72. The number of thioether (sulfide) groups is 1. The molecule has 1 amide bonds. The number of hydrogen-bond donors (Lipinski definition) is 2. The number of para-hydroxylation sites is 2. The predicted molar refractivity (Wildman–Crippen MR) is 85.1 cm³/mol. The van der Waals surface area contributed by atoms with Gasteiger partial charge in [0.1, 0.15) is 6.54 Å². The van der Waals surface area contributed by atoms with Crippen molar-refractivity contribution >= 4 is 34.7 Å². The number of nitrogens with zero attached hydrogens (tertiary/aromatic N) is 2. The summed E-state index contributed by atoms with van der Waals surface area (Å²) in [6, 6.07) is 7.28. The highest BCUT2D eigenvalue weighted by molar-refractivity contribution is 7.99. The van der Waals surface area contributed by atoms with Crippen LogP contribution >= 0.6 is 11.8 Å². The van der Waals surface area contributed by atoms with Gasteiger partial charge >= 0.3 is 11.7 Å². The molecule has 2 N–H and O–H groups in total. The van der Waals surface area contributed by atoms with Crippen molar-refractivity contribution in [3.8, 4) is 0 Å². The number of rotatable bonds is 7. The molecule has 0 saturated heterocycles. The third kappa shape index (κ3) is 3.70. The molecule has 1 heterocycles. The molecule has 0 spiro atoms. The number of aliphatic carboxylic acids is 1. The Balaban J connectivity index is 1.96. The molecule has 0 saturated carbocycles. The van der Waals surface area contributed by atoms with E-state index in [2.05, 4.69) is 5.32 Å². The van der Waals surface area contributed by atoms with Gasteiger partial charge in [-0.2, -0.15) is 0 Å². The number of carboxylic acid groups (broad SMARTS) is 1. The molecule has 0 aliphatic heterocycles. The topological polar surface area (TPSA) is 93.3 Å². The van der Waals surface area contributed by atoms with Gasteiger partial charge in [0.2, 0.25) is 5.91 Å². The van der Waals surface area contributed by atoms with Crippen LogP contribution in [-0.4, -0.2) is 44.2 Å². The third-order valence-electron chi connectivity index (χ3n) is 3.15. The number of amides is 1. The summed E-state index contributed by atoms with van der Waals surface area (Å²) in [6.07, 6.45) is 0. The van der Waals surface area contributed by atoms with E-state index in [1.54, 1.807) is 13.1 Å². The van der Waals surface area contributed by atoms with Crippen molar-refractivity contribution in [2.75, 3.05) is 18.1 Å². The fourth-order valence-electron chi connectivity index (χ4n) is 2.14. The molecular formula is C14H17N3O4S. The zero-order valence-electron chi connectivity index (χ0n) is 12.1. The zero-order valence-corrected chi connectivity index (χ0v) is 12.9. The number of carbonyl (C=O) groups excluding carboxylic acids is 1. The average molecular weight is 323 g/mol. The summed E-state index contributed by atoms with van der Waals surface area (Å²) < 4.78 is 2.93. The van der Waals surface area contributed by atoms with Crippen LogP contribution < -0.4 is 11.0 Å². The summed E-state index contributed by atoms with van der Waals surface area (Å²) in [6.45, 7) is 0.320. The molecule has 1 aromatic heterocycles. The summed E-state index contributed by atoms with van der Waals surface area (Å²) in [5.74, 6) is -0.616. The molecule has 8 heteroatoms. The maximum Gasteiger partial charge on any atom is 0.329 e. The Bertz CT molecular complexity index is 750. The molecular weight excluding hydrogens is 306 g/mol. The Labute approximate surface area is 130 Å². The van der Waals surface area contributed by atoms with Crippen molar-refractivity contribution in [2.24, 2.45) is 7.05 Å². The lowest BCUT2D eigenvalue weighted by Crippen LogP contribution is -2.33. The Kier molecular flexibility index (Phi) is 5.26. The lowest BCUT2D eigenvalue weighted by atomic mass is 10.3. The normalized spacial score (nSPS) is 10.8. The van der Waals surface area contributed by atoms with Gasteiger partial charge in [0, 0.05) is 19.3 Å². The molecule has 0 atom stereocenters. The number of carbonyl (C=O) groups is 2. The summed E-state index contributed by atoms with van der Waals surface area (Å²) in [4.78, 5) is 34.4. The van der Waals surface area contributed by atoms with E-state index < -0.39 is 5.97 Å². The van der Waals surface area contributed by atoms with Crippen LogP contribution in [0.15, 0.2) is 29.1 Å². The number of carboxylic acids is 1. The van der Waals surface area contributed by atoms with Crippen LogP contribution in [0.4, 0.5) is 0 Å². The number of imidazole rings is 1. The van der Waals surface area contributed by atoms with E-state index in [9.17, 15) is 14.4 Å². The monoisotopic (exact) mass is 323 g/mol. The Morgan fingerprint density at radius 2 is 1.95 bits per heavy atom. The van der Waals surface area contributed by atoms with Crippen LogP contribution in [0.2, 0.25) is 0 Å². The van der Waals surface area contributed by atoms with Crippen LogP contribution in [0, 0.1) is 0 Å². The van der Waals surface area contributed by atoms with Crippen molar-refractivity contribution in [3.05, 3.63) is 34.7 Å². The standard InChI is InChI=1S/C14H17N3O4S/c1-16-10-4-2-3-5-11(10)17(14(16)21)8-12(18)15-6-7-22-9-13(19)20/h2-5H,6-9H2,1H3,(H,15,18)(H,19,20). The molecule has 2 aromatic rings. The Morgan fingerprint density at radius 1 is 1.27 bits per heavy atom. The van der Waals surface area contributed by atoms with E-state index in [0.29, 0.717) is 17.8 Å². The van der Waals surface area contributed by atoms with E-state index in [4.69, 9.17) is 5.11 Å². The first kappa shape index (κ1) is 16.2. The van der Waals surface area contributed by atoms with E-state index >= 15 is 0 Å². The lowest BCUT2D eigenvalue weighted by Gasteiger charge is -2.05. The molecule has 0 aliphatic rings. The molecule has 0 unspecified atom stereocenters. The quantitative estimate of drug-likeness (QED) is 0.714. The van der Waals surface area contributed by atoms with Crippen molar-refractivity contribution in [1.82, 2.24) is 14.5 Å². The van der Waals surface area contributed by atoms with E-state index in [1.165, 1.54) is 20.9 Å². The minimum atomic E-state index is -0.876. The summed E-state index contributed by atoms with van der Waals surface area (Å²) in [5, 5.41) is 11.2. The van der Waals surface area contributed by atoms with Gasteiger partial charge in [-0.05, 0) is 12.1 Å². The maximum atomic E-state index is 12.2.